The molecule has 8 nitrogen and oxygen atoms in total. The van der Waals surface area contributed by atoms with Crippen LogP contribution >= 0.6 is 11.6 Å². The first-order valence-electron chi connectivity index (χ1n) is 10.4. The van der Waals surface area contributed by atoms with Gasteiger partial charge < -0.3 is 16.4 Å². The average molecular weight is 516 g/mol. The van der Waals surface area contributed by atoms with Gasteiger partial charge in [-0.25, -0.2) is 0 Å². The number of aromatic nitrogens is 2. The molecule has 0 aliphatic heterocycles. The van der Waals surface area contributed by atoms with Crippen molar-refractivity contribution < 1.29 is 27.6 Å². The second-order valence-corrected chi connectivity index (χ2v) is 8.15. The number of aromatic amines is 1. The van der Waals surface area contributed by atoms with E-state index in [1.54, 1.807) is 42.5 Å². The number of anilines is 2. The number of nitrogens with zero attached hydrogens (tertiary/aromatic N) is 1. The molecule has 36 heavy (non-hydrogen) atoms. The number of H-pyrrole nitrogens is 1. The molecule has 0 unspecified atom stereocenters. The van der Waals surface area contributed by atoms with E-state index < -0.39 is 40.9 Å². The predicted molar refractivity (Wildman–Crippen MR) is 128 cm³/mol. The van der Waals surface area contributed by atoms with E-state index in [9.17, 15) is 27.6 Å². The van der Waals surface area contributed by atoms with Crippen molar-refractivity contribution in [1.82, 2.24) is 10.2 Å². The second kappa shape index (κ2) is 9.70. The first-order valence-corrected chi connectivity index (χ1v) is 10.7. The molecule has 3 aromatic carbocycles. The lowest BCUT2D eigenvalue weighted by Gasteiger charge is -2.12. The van der Waals surface area contributed by atoms with E-state index in [1.807, 2.05) is 0 Å². The molecule has 0 radical (unpaired) electrons. The normalized spacial score (nSPS) is 11.3. The Morgan fingerprint density at radius 3 is 2.28 bits per heavy atom. The maximum atomic E-state index is 13.0. The Morgan fingerprint density at radius 1 is 0.944 bits per heavy atom. The Kier molecular flexibility index (Phi) is 6.67. The maximum absolute atomic E-state index is 13.0. The SMILES string of the molecule is NC(=O)c1cccc(-c2n[nH]c3cc(NC(=O)CC(=O)Nc4ccc(Cl)c(C(F)(F)F)c4)ccc23)c1. The summed E-state index contributed by atoms with van der Waals surface area (Å²) in [5, 5.41) is 12.1. The molecule has 0 fully saturated rings. The molecule has 3 amide bonds. The highest BCUT2D eigenvalue weighted by Crippen LogP contribution is 2.36. The largest absolute Gasteiger partial charge is 0.417 e. The van der Waals surface area contributed by atoms with Crippen LogP contribution in [0.5, 0.6) is 0 Å². The van der Waals surface area contributed by atoms with Crippen molar-refractivity contribution in [2.45, 2.75) is 12.6 Å². The van der Waals surface area contributed by atoms with Crippen LogP contribution in [0, 0.1) is 0 Å². The summed E-state index contributed by atoms with van der Waals surface area (Å²) in [7, 11) is 0. The van der Waals surface area contributed by atoms with Crippen LogP contribution in [0.4, 0.5) is 24.5 Å². The Morgan fingerprint density at radius 2 is 1.61 bits per heavy atom. The van der Waals surface area contributed by atoms with E-state index in [-0.39, 0.29) is 5.69 Å². The van der Waals surface area contributed by atoms with Crippen LogP contribution in [0.25, 0.3) is 22.2 Å². The number of nitrogens with two attached hydrogens (primary N) is 1. The molecule has 0 spiro atoms. The van der Waals surface area contributed by atoms with Gasteiger partial charge in [-0.1, -0.05) is 23.7 Å². The number of nitrogens with one attached hydrogen (secondary N) is 3. The molecule has 0 aliphatic carbocycles. The fraction of sp³-hybridized carbons (Fsp3) is 0.0833. The van der Waals surface area contributed by atoms with Gasteiger partial charge in [-0.3, -0.25) is 19.5 Å². The van der Waals surface area contributed by atoms with Crippen molar-refractivity contribution in [1.29, 1.82) is 0 Å². The van der Waals surface area contributed by atoms with Crippen LogP contribution in [0.2, 0.25) is 5.02 Å². The summed E-state index contributed by atoms with van der Waals surface area (Å²) in [6.45, 7) is 0. The first-order chi connectivity index (χ1) is 17.0. The van der Waals surface area contributed by atoms with Crippen molar-refractivity contribution in [2.75, 3.05) is 10.6 Å². The number of fused-ring (bicyclic) bond motifs is 1. The lowest BCUT2D eigenvalue weighted by atomic mass is 10.0. The van der Waals surface area contributed by atoms with Gasteiger partial charge >= 0.3 is 6.18 Å². The molecule has 184 valence electrons. The number of primary amides is 1. The number of amides is 3. The number of carbonyl (C=O) groups is 3. The lowest BCUT2D eigenvalue weighted by molar-refractivity contribution is -0.137. The monoisotopic (exact) mass is 515 g/mol. The molecular weight excluding hydrogens is 499 g/mol. The van der Waals surface area contributed by atoms with E-state index in [4.69, 9.17) is 17.3 Å². The Hall–Kier alpha value is -4.38. The molecule has 4 aromatic rings. The fourth-order valence-electron chi connectivity index (χ4n) is 3.51. The van der Waals surface area contributed by atoms with Gasteiger partial charge in [0, 0.05) is 27.9 Å². The van der Waals surface area contributed by atoms with Crippen molar-refractivity contribution in [2.24, 2.45) is 5.73 Å². The van der Waals surface area contributed by atoms with Gasteiger partial charge in [0.15, 0.2) is 0 Å². The third-order valence-corrected chi connectivity index (χ3v) is 5.47. The summed E-state index contributed by atoms with van der Waals surface area (Å²) in [6, 6.07) is 14.5. The lowest BCUT2D eigenvalue weighted by Crippen LogP contribution is -2.21. The summed E-state index contributed by atoms with van der Waals surface area (Å²) in [6.07, 6.45) is -5.32. The fourth-order valence-corrected chi connectivity index (χ4v) is 3.74. The molecule has 5 N–H and O–H groups in total. The van der Waals surface area contributed by atoms with Crippen LogP contribution in [0.1, 0.15) is 22.3 Å². The van der Waals surface area contributed by atoms with Crippen LogP contribution in [0.15, 0.2) is 60.7 Å². The van der Waals surface area contributed by atoms with Crippen LogP contribution in [-0.2, 0) is 15.8 Å². The van der Waals surface area contributed by atoms with Gasteiger partial charge in [-0.05, 0) is 48.5 Å². The summed E-state index contributed by atoms with van der Waals surface area (Å²) >= 11 is 5.57. The van der Waals surface area contributed by atoms with E-state index in [2.05, 4.69) is 20.8 Å². The third-order valence-electron chi connectivity index (χ3n) is 5.14. The highest BCUT2D eigenvalue weighted by Gasteiger charge is 2.33. The molecule has 1 aromatic heterocycles. The van der Waals surface area contributed by atoms with Crippen molar-refractivity contribution in [3.8, 4) is 11.3 Å². The number of carbonyl (C=O) groups excluding carboxylic acids is 3. The van der Waals surface area contributed by atoms with Gasteiger partial charge in [0.05, 0.1) is 21.8 Å². The molecule has 4 rings (SSSR count). The maximum Gasteiger partial charge on any atom is 0.417 e. The minimum absolute atomic E-state index is 0.142. The second-order valence-electron chi connectivity index (χ2n) is 7.74. The summed E-state index contributed by atoms with van der Waals surface area (Å²) in [4.78, 5) is 35.9. The molecule has 0 aliphatic rings. The third kappa shape index (κ3) is 5.47. The summed E-state index contributed by atoms with van der Waals surface area (Å²) in [5.74, 6) is -2.05. The first kappa shape index (κ1) is 24.7. The van der Waals surface area contributed by atoms with Crippen LogP contribution < -0.4 is 16.4 Å². The van der Waals surface area contributed by atoms with Gasteiger partial charge in [0.1, 0.15) is 6.42 Å². The minimum atomic E-state index is -4.69. The van der Waals surface area contributed by atoms with Gasteiger partial charge in [-0.2, -0.15) is 18.3 Å². The van der Waals surface area contributed by atoms with Gasteiger partial charge in [0.2, 0.25) is 17.7 Å². The quantitative estimate of drug-likeness (QED) is 0.270. The Balaban J connectivity index is 1.43. The molecular formula is C24H17ClF3N5O3. The molecule has 12 heteroatoms. The number of benzene rings is 3. The van der Waals surface area contributed by atoms with Crippen molar-refractivity contribution in [3.63, 3.8) is 0 Å². The molecule has 0 atom stereocenters. The highest BCUT2D eigenvalue weighted by molar-refractivity contribution is 6.31. The predicted octanol–water partition coefficient (Wildman–Crippen LogP) is 4.97. The summed E-state index contributed by atoms with van der Waals surface area (Å²) in [5.41, 5.74) is 6.62. The molecule has 0 saturated carbocycles. The van der Waals surface area contributed by atoms with Crippen molar-refractivity contribution in [3.05, 3.63) is 76.8 Å². The van der Waals surface area contributed by atoms with E-state index >= 15 is 0 Å². The zero-order valence-electron chi connectivity index (χ0n) is 18.2. The molecule has 0 bridgehead atoms. The average Bonchev–Trinajstić information content (AvgIpc) is 3.22. The zero-order chi connectivity index (χ0) is 26.0. The highest BCUT2D eigenvalue weighted by atomic mass is 35.5. The smallest absolute Gasteiger partial charge is 0.366 e. The number of halogens is 4. The van der Waals surface area contributed by atoms with E-state index in [0.29, 0.717) is 34.1 Å². The number of hydrogen-bond donors (Lipinski definition) is 4. The number of alkyl halides is 3. The van der Waals surface area contributed by atoms with E-state index in [0.717, 1.165) is 11.5 Å². The van der Waals surface area contributed by atoms with Gasteiger partial charge in [0.25, 0.3) is 0 Å². The van der Waals surface area contributed by atoms with Gasteiger partial charge in [-0.15, -0.1) is 0 Å². The van der Waals surface area contributed by atoms with Crippen LogP contribution in [0.3, 0.4) is 0 Å². The molecule has 0 saturated heterocycles. The number of rotatable bonds is 6. The number of hydrogen-bond acceptors (Lipinski definition) is 4. The zero-order valence-corrected chi connectivity index (χ0v) is 19.0. The minimum Gasteiger partial charge on any atom is -0.366 e. The molecule has 1 heterocycles. The van der Waals surface area contributed by atoms with Crippen LogP contribution in [-0.4, -0.2) is 27.9 Å². The van der Waals surface area contributed by atoms with E-state index in [1.165, 1.54) is 6.07 Å². The topological polar surface area (TPSA) is 130 Å². The Bertz CT molecular complexity index is 1500. The summed E-state index contributed by atoms with van der Waals surface area (Å²) < 4.78 is 39.0. The Labute approximate surface area is 206 Å². The van der Waals surface area contributed by atoms with Crippen molar-refractivity contribution >= 4 is 51.6 Å². The standard InChI is InChI=1S/C24H17ClF3N5O3/c25-18-7-5-14(9-17(18)24(26,27)28)30-20(34)11-21(35)31-15-4-6-16-19(10-15)32-33-22(16)12-2-1-3-13(8-12)23(29)36/h1-10H,11H2,(H2,29,36)(H,30,34)(H,31,35)(H,32,33).